The lowest BCUT2D eigenvalue weighted by atomic mass is 10.1. The second-order valence-corrected chi connectivity index (χ2v) is 6.85. The molecule has 1 aromatic heterocycles. The molecule has 1 aromatic carbocycles. The van der Waals surface area contributed by atoms with E-state index in [1.54, 1.807) is 0 Å². The van der Waals surface area contributed by atoms with Crippen molar-refractivity contribution in [2.45, 2.75) is 45.1 Å². The number of rotatable bonds is 2. The molecule has 4 nitrogen and oxygen atoms in total. The predicted octanol–water partition coefficient (Wildman–Crippen LogP) is 3.19. The molecular weight excluding hydrogens is 286 g/mol. The number of aryl methyl sites for hydroxylation is 4. The molecule has 1 aliphatic carbocycles. The molecule has 4 heteroatoms. The second kappa shape index (κ2) is 5.52. The average Bonchev–Trinajstić information content (AvgIpc) is 3.24. The molecule has 1 aliphatic heterocycles. The van der Waals surface area contributed by atoms with Gasteiger partial charge in [-0.05, 0) is 62.3 Å². The lowest BCUT2D eigenvalue weighted by Gasteiger charge is -2.24. The van der Waals surface area contributed by atoms with Crippen molar-refractivity contribution in [3.63, 3.8) is 0 Å². The quantitative estimate of drug-likeness (QED) is 0.854. The van der Waals surface area contributed by atoms with Crippen molar-refractivity contribution in [3.8, 4) is 0 Å². The number of aromatic nitrogens is 2. The Bertz CT molecular complexity index is 762. The maximum Gasteiger partial charge on any atom is 0.254 e. The number of hydrogen-bond acceptors (Lipinski definition) is 2. The lowest BCUT2D eigenvalue weighted by molar-refractivity contribution is 0.0728. The molecule has 120 valence electrons. The normalized spacial score (nSPS) is 20.1. The fourth-order valence-electron chi connectivity index (χ4n) is 4.09. The number of carbonyl (C=O) groups is 1. The summed E-state index contributed by atoms with van der Waals surface area (Å²) in [6, 6.07) is 6.37. The van der Waals surface area contributed by atoms with Crippen molar-refractivity contribution in [2.24, 2.45) is 7.05 Å². The molecule has 2 heterocycles. The Morgan fingerprint density at radius 3 is 2.83 bits per heavy atom. The largest absolute Gasteiger partial charge is 0.336 e. The van der Waals surface area contributed by atoms with Crippen molar-refractivity contribution >= 4 is 5.91 Å². The zero-order chi connectivity index (χ0) is 16.0. The van der Waals surface area contributed by atoms with Crippen LogP contribution in [0.3, 0.4) is 0 Å². The highest BCUT2D eigenvalue weighted by atomic mass is 16.2. The maximum absolute atomic E-state index is 13.0. The van der Waals surface area contributed by atoms with E-state index in [4.69, 9.17) is 0 Å². The van der Waals surface area contributed by atoms with Crippen LogP contribution >= 0.6 is 0 Å². The van der Waals surface area contributed by atoms with Crippen LogP contribution in [-0.4, -0.2) is 26.9 Å². The zero-order valence-corrected chi connectivity index (χ0v) is 13.9. The third-order valence-electron chi connectivity index (χ3n) is 5.19. The molecule has 0 saturated carbocycles. The van der Waals surface area contributed by atoms with Crippen molar-refractivity contribution in [1.29, 1.82) is 0 Å². The SMILES string of the molecule is Cc1cn(C)c([C@@H]2CCCN2C(=O)c2ccc3c(c2)CCC3)n1. The third-order valence-corrected chi connectivity index (χ3v) is 5.19. The minimum absolute atomic E-state index is 0.106. The Labute approximate surface area is 137 Å². The Hall–Kier alpha value is -2.10. The van der Waals surface area contributed by atoms with Gasteiger partial charge in [-0.25, -0.2) is 4.98 Å². The molecule has 1 amide bonds. The standard InChI is InChI=1S/C19H23N3O/c1-13-12-21(2)18(20-13)17-7-4-10-22(17)19(23)16-9-8-14-5-3-6-15(14)11-16/h8-9,11-12,17H,3-7,10H2,1-2H3/t17-/m0/s1. The van der Waals surface area contributed by atoms with Crippen LogP contribution in [0.15, 0.2) is 24.4 Å². The number of nitrogens with zero attached hydrogens (tertiary/aromatic N) is 3. The van der Waals surface area contributed by atoms with Gasteiger partial charge in [0.1, 0.15) is 5.82 Å². The number of carbonyl (C=O) groups excluding carboxylic acids is 1. The fraction of sp³-hybridized carbons (Fsp3) is 0.474. The van der Waals surface area contributed by atoms with E-state index in [1.165, 1.54) is 17.5 Å². The van der Waals surface area contributed by atoms with E-state index in [0.717, 1.165) is 49.3 Å². The average molecular weight is 309 g/mol. The van der Waals surface area contributed by atoms with Gasteiger partial charge < -0.3 is 9.47 Å². The molecule has 1 atom stereocenters. The zero-order valence-electron chi connectivity index (χ0n) is 13.9. The van der Waals surface area contributed by atoms with Gasteiger partial charge in [-0.1, -0.05) is 6.07 Å². The summed E-state index contributed by atoms with van der Waals surface area (Å²) in [7, 11) is 2.02. The summed E-state index contributed by atoms with van der Waals surface area (Å²) < 4.78 is 2.06. The van der Waals surface area contributed by atoms with E-state index in [2.05, 4.69) is 21.7 Å². The molecule has 0 unspecified atom stereocenters. The predicted molar refractivity (Wildman–Crippen MR) is 89.4 cm³/mol. The summed E-state index contributed by atoms with van der Waals surface area (Å²) in [4.78, 5) is 19.7. The van der Waals surface area contributed by atoms with Crippen LogP contribution in [0.2, 0.25) is 0 Å². The van der Waals surface area contributed by atoms with Gasteiger partial charge in [-0.2, -0.15) is 0 Å². The van der Waals surface area contributed by atoms with Gasteiger partial charge >= 0.3 is 0 Å². The molecule has 0 bridgehead atoms. The second-order valence-electron chi connectivity index (χ2n) is 6.85. The third kappa shape index (κ3) is 2.46. The molecule has 1 saturated heterocycles. The minimum Gasteiger partial charge on any atom is -0.336 e. The van der Waals surface area contributed by atoms with Gasteiger partial charge in [0.15, 0.2) is 0 Å². The Morgan fingerprint density at radius 1 is 1.22 bits per heavy atom. The molecule has 1 fully saturated rings. The first-order valence-corrected chi connectivity index (χ1v) is 8.56. The fourth-order valence-corrected chi connectivity index (χ4v) is 4.09. The number of likely N-dealkylation sites (tertiary alicyclic amines) is 1. The van der Waals surface area contributed by atoms with E-state index in [1.807, 2.05) is 31.1 Å². The highest BCUT2D eigenvalue weighted by Gasteiger charge is 2.33. The van der Waals surface area contributed by atoms with E-state index in [9.17, 15) is 4.79 Å². The maximum atomic E-state index is 13.0. The van der Waals surface area contributed by atoms with Gasteiger partial charge in [-0.15, -0.1) is 0 Å². The van der Waals surface area contributed by atoms with Crippen LogP contribution in [0.4, 0.5) is 0 Å². The number of hydrogen-bond donors (Lipinski definition) is 0. The summed E-state index contributed by atoms with van der Waals surface area (Å²) in [6.07, 6.45) is 7.56. The van der Waals surface area contributed by atoms with E-state index < -0.39 is 0 Å². The number of benzene rings is 1. The number of fused-ring (bicyclic) bond motifs is 1. The summed E-state index contributed by atoms with van der Waals surface area (Å²) >= 11 is 0. The Morgan fingerprint density at radius 2 is 2.04 bits per heavy atom. The van der Waals surface area contributed by atoms with Gasteiger partial charge in [0.25, 0.3) is 5.91 Å². The van der Waals surface area contributed by atoms with Gasteiger partial charge in [0.05, 0.1) is 11.7 Å². The number of imidazole rings is 1. The molecular formula is C19H23N3O. The lowest BCUT2D eigenvalue weighted by Crippen LogP contribution is -2.31. The monoisotopic (exact) mass is 309 g/mol. The molecule has 23 heavy (non-hydrogen) atoms. The van der Waals surface area contributed by atoms with Crippen LogP contribution in [0, 0.1) is 6.92 Å². The van der Waals surface area contributed by atoms with Gasteiger partial charge in [0, 0.05) is 25.4 Å². The van der Waals surface area contributed by atoms with Crippen molar-refractivity contribution in [2.75, 3.05) is 6.54 Å². The van der Waals surface area contributed by atoms with Crippen LogP contribution < -0.4 is 0 Å². The number of amides is 1. The minimum atomic E-state index is 0.106. The molecule has 0 spiro atoms. The topological polar surface area (TPSA) is 38.1 Å². The molecule has 0 N–H and O–H groups in total. The highest BCUT2D eigenvalue weighted by molar-refractivity contribution is 5.95. The van der Waals surface area contributed by atoms with Gasteiger partial charge in [-0.3, -0.25) is 4.79 Å². The summed E-state index contributed by atoms with van der Waals surface area (Å²) in [6.45, 7) is 2.83. The van der Waals surface area contributed by atoms with Gasteiger partial charge in [0.2, 0.25) is 0 Å². The van der Waals surface area contributed by atoms with Crippen molar-refractivity contribution in [1.82, 2.24) is 14.5 Å². The van der Waals surface area contributed by atoms with Crippen molar-refractivity contribution in [3.05, 3.63) is 52.6 Å². The van der Waals surface area contributed by atoms with Crippen LogP contribution in [0.5, 0.6) is 0 Å². The Balaban J connectivity index is 1.63. The first-order valence-electron chi connectivity index (χ1n) is 8.56. The van der Waals surface area contributed by atoms with Crippen LogP contribution in [0.1, 0.15) is 58.3 Å². The van der Waals surface area contributed by atoms with E-state index in [-0.39, 0.29) is 11.9 Å². The molecule has 2 aliphatic rings. The van der Waals surface area contributed by atoms with E-state index >= 15 is 0 Å². The smallest absolute Gasteiger partial charge is 0.254 e. The Kier molecular flexibility index (Phi) is 3.47. The van der Waals surface area contributed by atoms with Crippen LogP contribution in [-0.2, 0) is 19.9 Å². The van der Waals surface area contributed by atoms with Crippen molar-refractivity contribution < 1.29 is 4.79 Å². The summed E-state index contributed by atoms with van der Waals surface area (Å²) in [5, 5.41) is 0. The van der Waals surface area contributed by atoms with E-state index in [0.29, 0.717) is 0 Å². The molecule has 0 radical (unpaired) electrons. The summed E-state index contributed by atoms with van der Waals surface area (Å²) in [5.41, 5.74) is 4.63. The first kappa shape index (κ1) is 14.5. The summed E-state index contributed by atoms with van der Waals surface area (Å²) in [5.74, 6) is 1.16. The van der Waals surface area contributed by atoms with Crippen LogP contribution in [0.25, 0.3) is 0 Å². The first-order chi connectivity index (χ1) is 11.1. The molecule has 2 aromatic rings. The molecule has 4 rings (SSSR count). The highest BCUT2D eigenvalue weighted by Crippen LogP contribution is 2.33.